The van der Waals surface area contributed by atoms with Gasteiger partial charge >= 0.3 is 6.61 Å². The van der Waals surface area contributed by atoms with Gasteiger partial charge in [0.25, 0.3) is 5.69 Å². The minimum atomic E-state index is -3.20. The number of likely N-dealkylation sites (N-methyl/N-ethyl adjacent to an activating group) is 1. The van der Waals surface area contributed by atoms with Crippen LogP contribution in [0.1, 0.15) is 17.2 Å². The van der Waals surface area contributed by atoms with Gasteiger partial charge in [-0.25, -0.2) is 4.39 Å². The Hall–Kier alpha value is -3.34. The molecule has 0 aliphatic rings. The van der Waals surface area contributed by atoms with Crippen LogP contribution in [-0.4, -0.2) is 36.5 Å². The summed E-state index contributed by atoms with van der Waals surface area (Å²) >= 11 is 0. The maximum atomic E-state index is 13.5. The summed E-state index contributed by atoms with van der Waals surface area (Å²) in [6.45, 7) is -3.39. The van der Waals surface area contributed by atoms with Crippen molar-refractivity contribution in [3.05, 3.63) is 63.5 Å². The molecule has 0 aromatic heterocycles. The predicted octanol–water partition coefficient (Wildman–Crippen LogP) is 3.00. The summed E-state index contributed by atoms with van der Waals surface area (Å²) in [7, 11) is 2.64. The average molecular weight is 413 g/mol. The molecule has 0 saturated carbocycles. The second kappa shape index (κ2) is 9.24. The number of benzene rings is 2. The lowest BCUT2D eigenvalue weighted by Crippen LogP contribution is -2.35. The summed E-state index contributed by atoms with van der Waals surface area (Å²) in [5, 5.41) is 11.4. The molecule has 0 saturated heterocycles. The van der Waals surface area contributed by atoms with Gasteiger partial charge < -0.3 is 15.2 Å². The second-order valence-corrected chi connectivity index (χ2v) is 6.04. The number of carbonyl (C=O) groups is 1. The molecule has 2 rings (SSSR count). The van der Waals surface area contributed by atoms with Crippen LogP contribution >= 0.6 is 0 Å². The van der Waals surface area contributed by atoms with Crippen LogP contribution in [0.2, 0.25) is 0 Å². The van der Waals surface area contributed by atoms with E-state index >= 15 is 0 Å². The van der Waals surface area contributed by atoms with Crippen LogP contribution in [0.5, 0.6) is 11.5 Å². The van der Waals surface area contributed by atoms with Crippen LogP contribution < -0.4 is 15.2 Å². The molecule has 1 amide bonds. The van der Waals surface area contributed by atoms with E-state index in [1.165, 1.54) is 37.3 Å². The summed E-state index contributed by atoms with van der Waals surface area (Å²) < 4.78 is 47.9. The summed E-state index contributed by atoms with van der Waals surface area (Å²) in [6.07, 6.45) is 0. The molecule has 156 valence electrons. The minimum Gasteiger partial charge on any atom is -0.493 e. The highest BCUT2D eigenvalue weighted by Gasteiger charge is 2.27. The minimum absolute atomic E-state index is 0.0543. The van der Waals surface area contributed by atoms with E-state index in [4.69, 9.17) is 10.5 Å². The molecule has 8 nitrogen and oxygen atoms in total. The number of ether oxygens (including phenoxy) is 2. The van der Waals surface area contributed by atoms with Crippen molar-refractivity contribution in [3.63, 3.8) is 0 Å². The lowest BCUT2D eigenvalue weighted by Gasteiger charge is -2.26. The number of halogens is 3. The Kier molecular flexibility index (Phi) is 6.99. The highest BCUT2D eigenvalue weighted by molar-refractivity contribution is 5.81. The van der Waals surface area contributed by atoms with Gasteiger partial charge in [-0.05, 0) is 30.8 Å². The molecule has 11 heteroatoms. The molecule has 0 aliphatic carbocycles. The largest absolute Gasteiger partial charge is 0.493 e. The molecule has 0 aliphatic heterocycles. The van der Waals surface area contributed by atoms with Crippen LogP contribution in [-0.2, 0) is 11.3 Å². The van der Waals surface area contributed by atoms with Gasteiger partial charge in [0.15, 0.2) is 11.5 Å². The fraction of sp³-hybridized carbons (Fsp3) is 0.278. The normalized spacial score (nSPS) is 12.1. The number of hydrogen-bond donors (Lipinski definition) is 1. The highest BCUT2D eigenvalue weighted by atomic mass is 19.3. The van der Waals surface area contributed by atoms with Gasteiger partial charge in [-0.3, -0.25) is 19.8 Å². The Labute approximate surface area is 163 Å². The smallest absolute Gasteiger partial charge is 0.387 e. The van der Waals surface area contributed by atoms with E-state index in [0.717, 1.165) is 18.2 Å². The topological polar surface area (TPSA) is 108 Å². The lowest BCUT2D eigenvalue weighted by molar-refractivity contribution is -0.385. The Morgan fingerprint density at radius 3 is 2.48 bits per heavy atom. The standard InChI is InChI=1S/C18H18F3N3O5/c1-23(16(17(22)25)10-4-3-5-12(19)6-10)9-11-7-14(28-2)15(29-18(20)21)8-13(11)24(26)27/h3-8,16,18H,9H2,1-2H3,(H2,22,25). The third kappa shape index (κ3) is 5.35. The zero-order chi connectivity index (χ0) is 21.7. The number of rotatable bonds is 9. The van der Waals surface area contributed by atoms with Gasteiger partial charge in [0.05, 0.1) is 18.1 Å². The Morgan fingerprint density at radius 1 is 1.28 bits per heavy atom. The van der Waals surface area contributed by atoms with Crippen LogP contribution in [0.3, 0.4) is 0 Å². The number of primary amides is 1. The Morgan fingerprint density at radius 2 is 1.97 bits per heavy atom. The molecular weight excluding hydrogens is 395 g/mol. The van der Waals surface area contributed by atoms with Crippen LogP contribution in [0.15, 0.2) is 36.4 Å². The summed E-state index contributed by atoms with van der Waals surface area (Å²) in [4.78, 5) is 24.0. The summed E-state index contributed by atoms with van der Waals surface area (Å²) in [6, 6.07) is 6.10. The molecule has 0 radical (unpaired) electrons. The highest BCUT2D eigenvalue weighted by Crippen LogP contribution is 2.37. The first-order valence-electron chi connectivity index (χ1n) is 8.19. The number of nitro benzene ring substituents is 1. The van der Waals surface area contributed by atoms with E-state index in [1.54, 1.807) is 0 Å². The number of nitrogens with two attached hydrogens (primary N) is 1. The number of nitro groups is 1. The number of methoxy groups -OCH3 is 1. The zero-order valence-electron chi connectivity index (χ0n) is 15.5. The fourth-order valence-corrected chi connectivity index (χ4v) is 2.91. The molecule has 0 heterocycles. The monoisotopic (exact) mass is 413 g/mol. The quantitative estimate of drug-likeness (QED) is 0.500. The second-order valence-electron chi connectivity index (χ2n) is 6.04. The van der Waals surface area contributed by atoms with Crippen molar-refractivity contribution in [2.75, 3.05) is 14.2 Å². The predicted molar refractivity (Wildman–Crippen MR) is 96.1 cm³/mol. The number of alkyl halides is 2. The van der Waals surface area contributed by atoms with Crippen molar-refractivity contribution >= 4 is 11.6 Å². The summed E-state index contributed by atoms with van der Waals surface area (Å²) in [5.74, 6) is -2.04. The maximum Gasteiger partial charge on any atom is 0.387 e. The maximum absolute atomic E-state index is 13.5. The third-order valence-electron chi connectivity index (χ3n) is 4.07. The first kappa shape index (κ1) is 22.0. The first-order valence-corrected chi connectivity index (χ1v) is 8.19. The van der Waals surface area contributed by atoms with Gasteiger partial charge in [0.2, 0.25) is 5.91 Å². The molecule has 0 bridgehead atoms. The number of amides is 1. The first-order chi connectivity index (χ1) is 13.6. The van der Waals surface area contributed by atoms with Crippen LogP contribution in [0.4, 0.5) is 18.9 Å². The van der Waals surface area contributed by atoms with E-state index in [9.17, 15) is 28.1 Å². The molecule has 2 aromatic carbocycles. The van der Waals surface area contributed by atoms with Crippen molar-refractivity contribution in [2.45, 2.75) is 19.2 Å². The summed E-state index contributed by atoms with van der Waals surface area (Å²) in [5.41, 5.74) is 5.23. The van der Waals surface area contributed by atoms with Gasteiger partial charge in [-0.2, -0.15) is 8.78 Å². The van der Waals surface area contributed by atoms with Crippen molar-refractivity contribution in [2.24, 2.45) is 5.73 Å². The van der Waals surface area contributed by atoms with E-state index in [0.29, 0.717) is 0 Å². The zero-order valence-corrected chi connectivity index (χ0v) is 15.5. The van der Waals surface area contributed by atoms with Crippen molar-refractivity contribution in [3.8, 4) is 11.5 Å². The van der Waals surface area contributed by atoms with Gasteiger partial charge in [-0.15, -0.1) is 0 Å². The number of carbonyl (C=O) groups excluding carboxylic acids is 1. The van der Waals surface area contributed by atoms with E-state index in [2.05, 4.69) is 4.74 Å². The van der Waals surface area contributed by atoms with Gasteiger partial charge in [-0.1, -0.05) is 12.1 Å². The van der Waals surface area contributed by atoms with E-state index < -0.39 is 40.7 Å². The van der Waals surface area contributed by atoms with Crippen molar-refractivity contribution in [1.29, 1.82) is 0 Å². The molecule has 29 heavy (non-hydrogen) atoms. The van der Waals surface area contributed by atoms with Crippen LogP contribution in [0, 0.1) is 15.9 Å². The third-order valence-corrected chi connectivity index (χ3v) is 4.07. The lowest BCUT2D eigenvalue weighted by atomic mass is 10.0. The molecule has 1 atom stereocenters. The van der Waals surface area contributed by atoms with E-state index in [1.807, 2.05) is 0 Å². The molecule has 2 aromatic rings. The Balaban J connectivity index is 2.44. The molecule has 0 fully saturated rings. The van der Waals surface area contributed by atoms with E-state index in [-0.39, 0.29) is 23.4 Å². The van der Waals surface area contributed by atoms with Gasteiger partial charge in [0, 0.05) is 12.1 Å². The molecule has 1 unspecified atom stereocenters. The SMILES string of the molecule is COc1cc(CN(C)C(C(N)=O)c2cccc(F)c2)c([N+](=O)[O-])cc1OC(F)F. The van der Waals surface area contributed by atoms with Crippen molar-refractivity contribution in [1.82, 2.24) is 4.90 Å². The fourth-order valence-electron chi connectivity index (χ4n) is 2.91. The molecule has 2 N–H and O–H groups in total. The molecular formula is C18H18F3N3O5. The average Bonchev–Trinajstić information content (AvgIpc) is 2.61. The Bertz CT molecular complexity index is 910. The molecule has 0 spiro atoms. The van der Waals surface area contributed by atoms with Gasteiger partial charge in [0.1, 0.15) is 11.9 Å². The number of hydrogen-bond acceptors (Lipinski definition) is 6. The van der Waals surface area contributed by atoms with Crippen LogP contribution in [0.25, 0.3) is 0 Å². The number of nitrogens with zero attached hydrogens (tertiary/aromatic N) is 2. The van der Waals surface area contributed by atoms with Crippen molar-refractivity contribution < 1.29 is 32.4 Å².